The zero-order valence-electron chi connectivity index (χ0n) is 11.9. The molecule has 21 heavy (non-hydrogen) atoms. The highest BCUT2D eigenvalue weighted by atomic mass is 35.5. The molecule has 0 radical (unpaired) electrons. The lowest BCUT2D eigenvalue weighted by atomic mass is 10.0. The van der Waals surface area contributed by atoms with E-state index in [0.717, 1.165) is 25.1 Å². The number of nitrogens with zero attached hydrogens (tertiary/aromatic N) is 4. The Labute approximate surface area is 128 Å². The number of halogens is 1. The van der Waals surface area contributed by atoms with Crippen molar-refractivity contribution in [2.24, 2.45) is 5.41 Å². The van der Waals surface area contributed by atoms with Crippen LogP contribution in [-0.2, 0) is 11.3 Å². The molecule has 112 valence electrons. The number of para-hydroxylation sites is 1. The maximum absolute atomic E-state index is 6.08. The van der Waals surface area contributed by atoms with E-state index in [1.165, 1.54) is 12.8 Å². The largest absolute Gasteiger partial charge is 0.397 e. The maximum Gasteiger partial charge on any atom is 0.184 e. The Kier molecular flexibility index (Phi) is 3.82. The molecule has 7 heteroatoms. The molecular weight excluding hydrogens is 290 g/mol. The summed E-state index contributed by atoms with van der Waals surface area (Å²) in [5.41, 5.74) is 7.58. The summed E-state index contributed by atoms with van der Waals surface area (Å²) in [6.45, 7) is 1.54. The van der Waals surface area contributed by atoms with Crippen molar-refractivity contribution in [2.75, 3.05) is 19.5 Å². The van der Waals surface area contributed by atoms with E-state index in [1.807, 2.05) is 16.8 Å². The molecule has 1 aromatic carbocycles. The Morgan fingerprint density at radius 1 is 1.43 bits per heavy atom. The molecule has 2 N–H and O–H groups in total. The van der Waals surface area contributed by atoms with Crippen molar-refractivity contribution in [1.82, 2.24) is 20.2 Å². The van der Waals surface area contributed by atoms with E-state index in [4.69, 9.17) is 22.1 Å². The highest BCUT2D eigenvalue weighted by Crippen LogP contribution is 2.50. The number of anilines is 1. The molecule has 1 aromatic heterocycles. The summed E-state index contributed by atoms with van der Waals surface area (Å²) in [4.78, 5) is 0. The van der Waals surface area contributed by atoms with Crippen LogP contribution >= 0.6 is 11.6 Å². The average molecular weight is 308 g/mol. The molecule has 0 atom stereocenters. The van der Waals surface area contributed by atoms with E-state index in [9.17, 15) is 0 Å². The number of aromatic nitrogens is 4. The topological polar surface area (TPSA) is 78.8 Å². The molecule has 0 saturated heterocycles. The first kappa shape index (κ1) is 14.3. The van der Waals surface area contributed by atoms with Crippen molar-refractivity contribution < 1.29 is 4.74 Å². The minimum Gasteiger partial charge on any atom is -0.397 e. The Morgan fingerprint density at radius 2 is 2.24 bits per heavy atom. The third-order valence-corrected chi connectivity index (χ3v) is 4.43. The van der Waals surface area contributed by atoms with Gasteiger partial charge in [0.15, 0.2) is 5.82 Å². The van der Waals surface area contributed by atoms with Gasteiger partial charge in [-0.15, -0.1) is 5.10 Å². The van der Waals surface area contributed by atoms with Gasteiger partial charge in [0.2, 0.25) is 0 Å². The van der Waals surface area contributed by atoms with E-state index in [1.54, 1.807) is 13.2 Å². The molecule has 3 rings (SSSR count). The summed E-state index contributed by atoms with van der Waals surface area (Å²) in [5.74, 6) is 0.665. The Morgan fingerprint density at radius 3 is 2.95 bits per heavy atom. The summed E-state index contributed by atoms with van der Waals surface area (Å²) in [5, 5.41) is 12.5. The van der Waals surface area contributed by atoms with Crippen molar-refractivity contribution >= 4 is 17.3 Å². The highest BCUT2D eigenvalue weighted by molar-refractivity contribution is 6.33. The molecule has 0 amide bonds. The summed E-state index contributed by atoms with van der Waals surface area (Å²) in [7, 11) is 1.73. The number of rotatable bonds is 6. The number of benzene rings is 1. The molecular formula is C14H18ClN5O. The second-order valence-corrected chi connectivity index (χ2v) is 6.01. The molecule has 1 aliphatic rings. The fourth-order valence-electron chi connectivity index (χ4n) is 2.54. The number of nitrogen functional groups attached to an aromatic ring is 1. The fourth-order valence-corrected chi connectivity index (χ4v) is 2.71. The molecule has 6 nitrogen and oxygen atoms in total. The number of hydrogen-bond donors (Lipinski definition) is 1. The number of methoxy groups -OCH3 is 1. The van der Waals surface area contributed by atoms with Crippen LogP contribution in [0.25, 0.3) is 11.4 Å². The van der Waals surface area contributed by atoms with Crippen molar-refractivity contribution in [2.45, 2.75) is 25.8 Å². The summed E-state index contributed by atoms with van der Waals surface area (Å²) >= 11 is 6.08. The number of hydrogen-bond acceptors (Lipinski definition) is 5. The van der Waals surface area contributed by atoms with Crippen molar-refractivity contribution in [3.8, 4) is 11.4 Å². The zero-order chi connectivity index (χ0) is 14.9. The van der Waals surface area contributed by atoms with E-state index in [2.05, 4.69) is 15.5 Å². The fraction of sp³-hybridized carbons (Fsp3) is 0.500. The van der Waals surface area contributed by atoms with E-state index < -0.39 is 0 Å². The van der Waals surface area contributed by atoms with Crippen molar-refractivity contribution in [1.29, 1.82) is 0 Å². The van der Waals surface area contributed by atoms with Crippen LogP contribution in [-0.4, -0.2) is 33.9 Å². The van der Waals surface area contributed by atoms with Gasteiger partial charge in [0.05, 0.1) is 17.3 Å². The van der Waals surface area contributed by atoms with Gasteiger partial charge < -0.3 is 10.5 Å². The van der Waals surface area contributed by atoms with Gasteiger partial charge in [-0.2, -0.15) is 0 Å². The van der Waals surface area contributed by atoms with Gasteiger partial charge in [0, 0.05) is 19.3 Å². The van der Waals surface area contributed by atoms with Crippen molar-refractivity contribution in [3.63, 3.8) is 0 Å². The smallest absolute Gasteiger partial charge is 0.184 e. The van der Waals surface area contributed by atoms with Crippen LogP contribution in [0.1, 0.15) is 19.3 Å². The third-order valence-electron chi connectivity index (χ3n) is 4.10. The monoisotopic (exact) mass is 307 g/mol. The summed E-state index contributed by atoms with van der Waals surface area (Å²) < 4.78 is 7.01. The van der Waals surface area contributed by atoms with Crippen LogP contribution in [0.5, 0.6) is 0 Å². The van der Waals surface area contributed by atoms with Crippen LogP contribution in [0.2, 0.25) is 5.02 Å². The Balaban J connectivity index is 1.86. The van der Waals surface area contributed by atoms with Crippen molar-refractivity contribution in [3.05, 3.63) is 23.2 Å². The average Bonchev–Trinajstić information content (AvgIpc) is 3.09. The predicted octanol–water partition coefficient (Wildman–Crippen LogP) is 2.39. The normalized spacial score (nSPS) is 16.1. The van der Waals surface area contributed by atoms with Gasteiger partial charge >= 0.3 is 0 Å². The molecule has 1 saturated carbocycles. The highest BCUT2D eigenvalue weighted by Gasteiger charge is 2.43. The molecule has 0 aliphatic heterocycles. The second-order valence-electron chi connectivity index (χ2n) is 5.60. The summed E-state index contributed by atoms with van der Waals surface area (Å²) in [6.07, 6.45) is 3.38. The Hall–Kier alpha value is -1.66. The standard InChI is InChI=1S/C14H18ClN5O/c1-21-8-7-14(5-6-14)9-20-13(17-18-19-20)10-3-2-4-11(15)12(10)16/h2-4H,5-9,16H2,1H3. The first-order valence-corrected chi connectivity index (χ1v) is 7.32. The van der Waals surface area contributed by atoms with Gasteiger partial charge in [0.1, 0.15) is 0 Å². The summed E-state index contributed by atoms with van der Waals surface area (Å²) in [6, 6.07) is 5.50. The number of ether oxygens (including phenoxy) is 1. The van der Waals surface area contributed by atoms with E-state index in [0.29, 0.717) is 16.5 Å². The molecule has 1 heterocycles. The molecule has 0 spiro atoms. The molecule has 0 unspecified atom stereocenters. The van der Waals surface area contributed by atoms with Gasteiger partial charge in [-0.25, -0.2) is 4.68 Å². The first-order chi connectivity index (χ1) is 10.2. The molecule has 1 aliphatic carbocycles. The minimum absolute atomic E-state index is 0.257. The predicted molar refractivity (Wildman–Crippen MR) is 80.8 cm³/mol. The maximum atomic E-state index is 6.08. The number of tetrazole rings is 1. The number of nitrogens with two attached hydrogens (primary N) is 1. The third kappa shape index (κ3) is 2.87. The van der Waals surface area contributed by atoms with Gasteiger partial charge in [-0.05, 0) is 47.2 Å². The van der Waals surface area contributed by atoms with E-state index in [-0.39, 0.29) is 5.41 Å². The van der Waals surface area contributed by atoms with Crippen LogP contribution in [0.15, 0.2) is 18.2 Å². The van der Waals surface area contributed by atoms with Crippen LogP contribution < -0.4 is 5.73 Å². The van der Waals surface area contributed by atoms with Crippen LogP contribution in [0.4, 0.5) is 5.69 Å². The first-order valence-electron chi connectivity index (χ1n) is 6.95. The minimum atomic E-state index is 0.257. The van der Waals surface area contributed by atoms with Crippen LogP contribution in [0.3, 0.4) is 0 Å². The zero-order valence-corrected chi connectivity index (χ0v) is 12.7. The van der Waals surface area contributed by atoms with Gasteiger partial charge in [0.25, 0.3) is 0 Å². The van der Waals surface area contributed by atoms with E-state index >= 15 is 0 Å². The Bertz CT molecular complexity index is 638. The molecule has 1 fully saturated rings. The lowest BCUT2D eigenvalue weighted by Gasteiger charge is -2.15. The van der Waals surface area contributed by atoms with Gasteiger partial charge in [-0.3, -0.25) is 0 Å². The quantitative estimate of drug-likeness (QED) is 0.829. The molecule has 2 aromatic rings. The molecule has 0 bridgehead atoms. The SMILES string of the molecule is COCCC1(Cn2nnnc2-c2cccc(Cl)c2N)CC1. The second kappa shape index (κ2) is 5.61. The van der Waals surface area contributed by atoms with Crippen LogP contribution in [0, 0.1) is 5.41 Å². The lowest BCUT2D eigenvalue weighted by molar-refractivity contribution is 0.165. The van der Waals surface area contributed by atoms with Gasteiger partial charge in [-0.1, -0.05) is 17.7 Å². The lowest BCUT2D eigenvalue weighted by Crippen LogP contribution is -2.16.